The lowest BCUT2D eigenvalue weighted by molar-refractivity contribution is 0.0372. The van der Waals surface area contributed by atoms with E-state index in [9.17, 15) is 0 Å². The van der Waals surface area contributed by atoms with Gasteiger partial charge in [-0.3, -0.25) is 9.89 Å². The zero-order valence-corrected chi connectivity index (χ0v) is 17.0. The highest BCUT2D eigenvalue weighted by molar-refractivity contribution is 5.79. The lowest BCUT2D eigenvalue weighted by atomic mass is 10.2. The molecule has 1 aromatic heterocycles. The minimum Gasteiger partial charge on any atom is -0.379 e. The summed E-state index contributed by atoms with van der Waals surface area (Å²) < 4.78 is 5.39. The van der Waals surface area contributed by atoms with E-state index in [1.807, 2.05) is 38.5 Å². The molecule has 2 N–H and O–H groups in total. The molecule has 0 atom stereocenters. The maximum Gasteiger partial charge on any atom is 0.193 e. The standard InChI is InChI=1S/C21H32N6O/c1-22-21(23-10-6-7-11-27-12-14-28-15-13-27)26(2)17-20-24-16-19(25-20)18-8-4-3-5-9-18/h3-5,8-9,16H,6-7,10-15,17H2,1-2H3,(H,22,23)(H,24,25). The summed E-state index contributed by atoms with van der Waals surface area (Å²) in [6.07, 6.45) is 4.20. The molecule has 1 fully saturated rings. The molecule has 7 heteroatoms. The first kappa shape index (κ1) is 20.4. The fourth-order valence-electron chi connectivity index (χ4n) is 3.38. The van der Waals surface area contributed by atoms with E-state index in [1.165, 1.54) is 6.42 Å². The Bertz CT molecular complexity index is 724. The Hall–Kier alpha value is -2.38. The number of hydrogen-bond acceptors (Lipinski definition) is 4. The van der Waals surface area contributed by atoms with Crippen molar-refractivity contribution in [2.45, 2.75) is 19.4 Å². The van der Waals surface area contributed by atoms with Crippen LogP contribution in [0.1, 0.15) is 18.7 Å². The zero-order chi connectivity index (χ0) is 19.6. The number of morpholine rings is 1. The van der Waals surface area contributed by atoms with Crippen molar-refractivity contribution in [2.24, 2.45) is 4.99 Å². The van der Waals surface area contributed by atoms with E-state index in [-0.39, 0.29) is 0 Å². The number of guanidine groups is 1. The number of imidazole rings is 1. The Labute approximate surface area is 167 Å². The molecule has 0 aliphatic carbocycles. The van der Waals surface area contributed by atoms with Gasteiger partial charge in [0.05, 0.1) is 31.6 Å². The van der Waals surface area contributed by atoms with Crippen molar-refractivity contribution in [3.8, 4) is 11.3 Å². The fraction of sp³-hybridized carbons (Fsp3) is 0.524. The van der Waals surface area contributed by atoms with Crippen molar-refractivity contribution in [3.05, 3.63) is 42.4 Å². The molecule has 1 saturated heterocycles. The van der Waals surface area contributed by atoms with Crippen molar-refractivity contribution in [2.75, 3.05) is 53.5 Å². The van der Waals surface area contributed by atoms with Crippen LogP contribution in [0.3, 0.4) is 0 Å². The highest BCUT2D eigenvalue weighted by Gasteiger charge is 2.11. The lowest BCUT2D eigenvalue weighted by Crippen LogP contribution is -2.39. The summed E-state index contributed by atoms with van der Waals surface area (Å²) in [6, 6.07) is 10.3. The molecule has 0 amide bonds. The van der Waals surface area contributed by atoms with Crippen LogP contribution in [0.4, 0.5) is 0 Å². The largest absolute Gasteiger partial charge is 0.379 e. The van der Waals surface area contributed by atoms with E-state index in [0.717, 1.165) is 68.9 Å². The molecule has 1 aliphatic heterocycles. The van der Waals surface area contributed by atoms with Crippen molar-refractivity contribution in [1.82, 2.24) is 25.1 Å². The van der Waals surface area contributed by atoms with Crippen molar-refractivity contribution < 1.29 is 4.74 Å². The maximum atomic E-state index is 5.39. The summed E-state index contributed by atoms with van der Waals surface area (Å²) in [5.74, 6) is 1.82. The number of aromatic nitrogens is 2. The van der Waals surface area contributed by atoms with Gasteiger partial charge in [0.2, 0.25) is 0 Å². The van der Waals surface area contributed by atoms with Gasteiger partial charge in [-0.15, -0.1) is 0 Å². The van der Waals surface area contributed by atoms with Crippen LogP contribution in [0.15, 0.2) is 41.5 Å². The number of nitrogens with one attached hydrogen (secondary N) is 2. The highest BCUT2D eigenvalue weighted by Crippen LogP contribution is 2.16. The molecule has 3 rings (SSSR count). The molecule has 28 heavy (non-hydrogen) atoms. The number of ether oxygens (including phenoxy) is 1. The van der Waals surface area contributed by atoms with Crippen molar-refractivity contribution >= 4 is 5.96 Å². The summed E-state index contributed by atoms with van der Waals surface area (Å²) >= 11 is 0. The summed E-state index contributed by atoms with van der Waals surface area (Å²) in [5.41, 5.74) is 2.18. The van der Waals surface area contributed by atoms with Crippen molar-refractivity contribution in [1.29, 1.82) is 0 Å². The number of benzene rings is 1. The molecule has 0 unspecified atom stereocenters. The first-order valence-electron chi connectivity index (χ1n) is 10.1. The molecule has 0 saturated carbocycles. The van der Waals surface area contributed by atoms with Crippen LogP contribution in [-0.2, 0) is 11.3 Å². The van der Waals surface area contributed by atoms with Crippen LogP contribution >= 0.6 is 0 Å². The molecule has 1 aromatic carbocycles. The maximum absolute atomic E-state index is 5.39. The van der Waals surface area contributed by atoms with Gasteiger partial charge in [0.15, 0.2) is 5.96 Å². The van der Waals surface area contributed by atoms with Gasteiger partial charge in [-0.2, -0.15) is 0 Å². The van der Waals surface area contributed by atoms with Crippen LogP contribution in [0.5, 0.6) is 0 Å². The van der Waals surface area contributed by atoms with E-state index in [1.54, 1.807) is 0 Å². The molecule has 152 valence electrons. The normalized spacial score (nSPS) is 15.6. The topological polar surface area (TPSA) is 68.8 Å². The third-order valence-electron chi connectivity index (χ3n) is 4.96. The summed E-state index contributed by atoms with van der Waals surface area (Å²) in [4.78, 5) is 16.9. The predicted molar refractivity (Wildman–Crippen MR) is 113 cm³/mol. The highest BCUT2D eigenvalue weighted by atomic mass is 16.5. The molecule has 0 spiro atoms. The van der Waals surface area contributed by atoms with Crippen LogP contribution in [0.25, 0.3) is 11.3 Å². The van der Waals surface area contributed by atoms with E-state index in [4.69, 9.17) is 4.74 Å². The minimum atomic E-state index is 0.681. The Morgan fingerprint density at radius 2 is 2.04 bits per heavy atom. The van der Waals surface area contributed by atoms with Gasteiger partial charge >= 0.3 is 0 Å². The van der Waals surface area contributed by atoms with Crippen LogP contribution in [0, 0.1) is 0 Å². The summed E-state index contributed by atoms with van der Waals surface area (Å²) in [7, 11) is 3.86. The number of hydrogen-bond donors (Lipinski definition) is 2. The number of aliphatic imine (C=N–C) groups is 1. The predicted octanol–water partition coefficient (Wildman–Crippen LogP) is 2.20. The van der Waals surface area contributed by atoms with E-state index in [2.05, 4.69) is 42.2 Å². The molecule has 0 radical (unpaired) electrons. The third-order valence-corrected chi connectivity index (χ3v) is 4.96. The Morgan fingerprint density at radius 3 is 2.79 bits per heavy atom. The lowest BCUT2D eigenvalue weighted by Gasteiger charge is -2.26. The van der Waals surface area contributed by atoms with E-state index >= 15 is 0 Å². The van der Waals surface area contributed by atoms with E-state index < -0.39 is 0 Å². The van der Waals surface area contributed by atoms with Gasteiger partial charge in [0.25, 0.3) is 0 Å². The van der Waals surface area contributed by atoms with Gasteiger partial charge in [0.1, 0.15) is 5.82 Å². The van der Waals surface area contributed by atoms with Crippen molar-refractivity contribution in [3.63, 3.8) is 0 Å². The summed E-state index contributed by atoms with van der Waals surface area (Å²) in [6.45, 7) is 6.62. The Morgan fingerprint density at radius 1 is 1.25 bits per heavy atom. The molecular weight excluding hydrogens is 352 g/mol. The SMILES string of the molecule is CN=C(NCCCCN1CCOCC1)N(C)Cc1ncc(-c2ccccc2)[nH]1. The number of H-pyrrole nitrogens is 1. The number of unbranched alkanes of at least 4 members (excludes halogenated alkanes) is 1. The quantitative estimate of drug-likeness (QED) is 0.415. The number of aromatic amines is 1. The average Bonchev–Trinajstić information content (AvgIpc) is 3.20. The zero-order valence-electron chi connectivity index (χ0n) is 17.0. The third kappa shape index (κ3) is 6.07. The second-order valence-corrected chi connectivity index (χ2v) is 7.10. The van der Waals surface area contributed by atoms with E-state index in [0.29, 0.717) is 6.54 Å². The second-order valence-electron chi connectivity index (χ2n) is 7.10. The van der Waals surface area contributed by atoms with Gasteiger partial charge in [0, 0.05) is 33.7 Å². The molecule has 0 bridgehead atoms. The molecule has 2 heterocycles. The second kappa shape index (κ2) is 10.8. The van der Waals surface area contributed by atoms with Gasteiger partial charge in [-0.25, -0.2) is 4.98 Å². The van der Waals surface area contributed by atoms with Crippen LogP contribution in [-0.4, -0.2) is 79.2 Å². The van der Waals surface area contributed by atoms with Gasteiger partial charge in [-0.05, 0) is 24.9 Å². The minimum absolute atomic E-state index is 0.681. The molecule has 7 nitrogen and oxygen atoms in total. The van der Waals surface area contributed by atoms with Gasteiger partial charge < -0.3 is 19.9 Å². The number of rotatable bonds is 8. The molecule has 2 aromatic rings. The first-order valence-corrected chi connectivity index (χ1v) is 10.1. The van der Waals surface area contributed by atoms with Crippen LogP contribution in [0.2, 0.25) is 0 Å². The van der Waals surface area contributed by atoms with Gasteiger partial charge in [-0.1, -0.05) is 30.3 Å². The molecule has 1 aliphatic rings. The fourth-order valence-corrected chi connectivity index (χ4v) is 3.38. The Kier molecular flexibility index (Phi) is 7.87. The Balaban J connectivity index is 1.40. The summed E-state index contributed by atoms with van der Waals surface area (Å²) in [5, 5.41) is 3.46. The van der Waals surface area contributed by atoms with Crippen LogP contribution < -0.4 is 5.32 Å². The smallest absolute Gasteiger partial charge is 0.193 e. The average molecular weight is 385 g/mol. The first-order chi connectivity index (χ1) is 13.8. The monoisotopic (exact) mass is 384 g/mol. The molecular formula is C21H32N6O. The number of nitrogens with zero attached hydrogens (tertiary/aromatic N) is 4.